The quantitative estimate of drug-likeness (QED) is 0.895. The summed E-state index contributed by atoms with van der Waals surface area (Å²) in [5.74, 6) is 0.959. The van der Waals surface area contributed by atoms with E-state index >= 15 is 0 Å². The maximum absolute atomic E-state index is 12.4. The average Bonchev–Trinajstić information content (AvgIpc) is 2.50. The van der Waals surface area contributed by atoms with Gasteiger partial charge >= 0.3 is 6.18 Å². The second-order valence-electron chi connectivity index (χ2n) is 4.30. The predicted molar refractivity (Wildman–Crippen MR) is 67.3 cm³/mol. The second kappa shape index (κ2) is 5.58. The molecule has 3 nitrogen and oxygen atoms in total. The Morgan fingerprint density at radius 2 is 1.79 bits per heavy atom. The molecule has 0 spiro atoms. The van der Waals surface area contributed by atoms with E-state index in [1.807, 2.05) is 0 Å². The number of benzene rings is 1. The molecule has 1 aliphatic rings. The third kappa shape index (κ3) is 3.76. The summed E-state index contributed by atoms with van der Waals surface area (Å²) in [6.07, 6.45) is -4.65. The van der Waals surface area contributed by atoms with Crippen molar-refractivity contribution >= 4 is 15.9 Å². The van der Waals surface area contributed by atoms with E-state index in [0.717, 1.165) is 6.42 Å². The highest BCUT2D eigenvalue weighted by Gasteiger charge is 2.32. The van der Waals surface area contributed by atoms with Crippen LogP contribution in [-0.2, 0) is 0 Å². The highest BCUT2D eigenvalue weighted by Crippen LogP contribution is 2.39. The molecule has 0 aliphatic carbocycles. The van der Waals surface area contributed by atoms with E-state index in [1.165, 1.54) is 6.07 Å². The van der Waals surface area contributed by atoms with E-state index in [-0.39, 0.29) is 0 Å². The van der Waals surface area contributed by atoms with E-state index in [9.17, 15) is 13.2 Å². The Morgan fingerprint density at radius 1 is 1.21 bits per heavy atom. The number of hydrogen-bond acceptors (Lipinski definition) is 3. The van der Waals surface area contributed by atoms with E-state index in [4.69, 9.17) is 15.2 Å². The van der Waals surface area contributed by atoms with Crippen LogP contribution < -0.4 is 15.2 Å². The third-order valence-electron chi connectivity index (χ3n) is 2.72. The van der Waals surface area contributed by atoms with Crippen LogP contribution in [-0.4, -0.2) is 19.4 Å². The molecule has 1 aromatic carbocycles. The minimum absolute atomic E-state index is 0.363. The molecule has 0 aromatic heterocycles. The van der Waals surface area contributed by atoms with Crippen LogP contribution in [0.4, 0.5) is 13.2 Å². The smallest absolute Gasteiger partial charge is 0.390 e. The van der Waals surface area contributed by atoms with Crippen molar-refractivity contribution in [3.8, 4) is 11.5 Å². The van der Waals surface area contributed by atoms with Gasteiger partial charge < -0.3 is 15.2 Å². The molecule has 0 bridgehead atoms. The van der Waals surface area contributed by atoms with Crippen LogP contribution in [0.2, 0.25) is 0 Å². The van der Waals surface area contributed by atoms with Crippen molar-refractivity contribution in [2.45, 2.75) is 25.1 Å². The van der Waals surface area contributed by atoms with Gasteiger partial charge in [0.15, 0.2) is 11.5 Å². The first-order chi connectivity index (χ1) is 8.87. The van der Waals surface area contributed by atoms with Crippen LogP contribution in [0.5, 0.6) is 11.5 Å². The summed E-state index contributed by atoms with van der Waals surface area (Å²) in [5.41, 5.74) is 5.97. The topological polar surface area (TPSA) is 44.5 Å². The number of alkyl halides is 3. The van der Waals surface area contributed by atoms with Gasteiger partial charge in [-0.05, 0) is 17.7 Å². The molecule has 106 valence electrons. The first-order valence-electron chi connectivity index (χ1n) is 5.78. The fourth-order valence-electron chi connectivity index (χ4n) is 1.84. The summed E-state index contributed by atoms with van der Waals surface area (Å²) in [6.45, 7) is 0.996. The Labute approximate surface area is 117 Å². The van der Waals surface area contributed by atoms with Crippen molar-refractivity contribution < 1.29 is 22.6 Å². The van der Waals surface area contributed by atoms with Gasteiger partial charge in [0.05, 0.1) is 19.6 Å². The van der Waals surface area contributed by atoms with E-state index < -0.39 is 18.6 Å². The minimum atomic E-state index is -4.30. The fourth-order valence-corrected chi connectivity index (χ4v) is 2.46. The van der Waals surface area contributed by atoms with Gasteiger partial charge in [0, 0.05) is 16.9 Å². The first-order valence-corrected chi connectivity index (χ1v) is 6.57. The molecule has 2 N–H and O–H groups in total. The molecular weight excluding hydrogens is 327 g/mol. The van der Waals surface area contributed by atoms with Crippen LogP contribution in [0, 0.1) is 0 Å². The predicted octanol–water partition coefficient (Wildman–Crippen LogP) is 3.56. The molecule has 0 saturated heterocycles. The third-order valence-corrected chi connectivity index (χ3v) is 3.40. The standard InChI is InChI=1S/C12H13BrF3NO2/c13-8-5-11-10(18-2-1-3-19-11)4-7(8)9(17)6-12(14,15)16/h4-5,9H,1-3,6,17H2. The zero-order valence-corrected chi connectivity index (χ0v) is 11.6. The van der Waals surface area contributed by atoms with Crippen molar-refractivity contribution in [1.82, 2.24) is 0 Å². The second-order valence-corrected chi connectivity index (χ2v) is 5.15. The zero-order chi connectivity index (χ0) is 14.0. The summed E-state index contributed by atoms with van der Waals surface area (Å²) in [6, 6.07) is 1.99. The summed E-state index contributed by atoms with van der Waals surface area (Å²) in [7, 11) is 0. The monoisotopic (exact) mass is 339 g/mol. The molecule has 1 unspecified atom stereocenters. The normalized spacial score (nSPS) is 16.9. The molecule has 19 heavy (non-hydrogen) atoms. The summed E-state index contributed by atoms with van der Waals surface area (Å²) >= 11 is 3.23. The molecular formula is C12H13BrF3NO2. The van der Waals surface area contributed by atoms with Gasteiger partial charge in [0.2, 0.25) is 0 Å². The Balaban J connectivity index is 2.28. The molecule has 1 atom stereocenters. The maximum Gasteiger partial charge on any atom is 0.390 e. The lowest BCUT2D eigenvalue weighted by molar-refractivity contribution is -0.138. The summed E-state index contributed by atoms with van der Waals surface area (Å²) in [4.78, 5) is 0. The van der Waals surface area contributed by atoms with Gasteiger partial charge in [-0.3, -0.25) is 0 Å². The molecule has 0 radical (unpaired) electrons. The molecule has 0 fully saturated rings. The van der Waals surface area contributed by atoms with Gasteiger partial charge in [0.25, 0.3) is 0 Å². The van der Waals surface area contributed by atoms with Crippen molar-refractivity contribution in [3.05, 3.63) is 22.2 Å². The van der Waals surface area contributed by atoms with Crippen molar-refractivity contribution in [2.75, 3.05) is 13.2 Å². The van der Waals surface area contributed by atoms with Gasteiger partial charge in [0.1, 0.15) is 0 Å². The molecule has 0 amide bonds. The Kier molecular flexibility index (Phi) is 4.25. The SMILES string of the molecule is NC(CC(F)(F)F)c1cc2c(cc1Br)OCCCO2. The lowest BCUT2D eigenvalue weighted by Gasteiger charge is -2.18. The van der Waals surface area contributed by atoms with Gasteiger partial charge in [-0.25, -0.2) is 0 Å². The lowest BCUT2D eigenvalue weighted by atomic mass is 10.0. The Morgan fingerprint density at radius 3 is 2.37 bits per heavy atom. The van der Waals surface area contributed by atoms with Crippen molar-refractivity contribution in [2.24, 2.45) is 5.73 Å². The molecule has 1 heterocycles. The van der Waals surface area contributed by atoms with Gasteiger partial charge in [-0.15, -0.1) is 0 Å². The largest absolute Gasteiger partial charge is 0.490 e. The highest BCUT2D eigenvalue weighted by atomic mass is 79.9. The lowest BCUT2D eigenvalue weighted by Crippen LogP contribution is -2.20. The fraction of sp³-hybridized carbons (Fsp3) is 0.500. The van der Waals surface area contributed by atoms with E-state index in [0.29, 0.717) is 34.7 Å². The molecule has 0 saturated carbocycles. The summed E-state index contributed by atoms with van der Waals surface area (Å²) < 4.78 is 48.5. The van der Waals surface area contributed by atoms with Crippen molar-refractivity contribution in [3.63, 3.8) is 0 Å². The minimum Gasteiger partial charge on any atom is -0.490 e. The maximum atomic E-state index is 12.4. The van der Waals surface area contributed by atoms with Crippen LogP contribution >= 0.6 is 15.9 Å². The van der Waals surface area contributed by atoms with Crippen molar-refractivity contribution in [1.29, 1.82) is 0 Å². The average molecular weight is 340 g/mol. The molecule has 2 rings (SSSR count). The highest BCUT2D eigenvalue weighted by molar-refractivity contribution is 9.10. The number of hydrogen-bond donors (Lipinski definition) is 1. The van der Waals surface area contributed by atoms with Gasteiger partial charge in [-0.2, -0.15) is 13.2 Å². The number of nitrogens with two attached hydrogens (primary N) is 1. The Hall–Kier alpha value is -0.950. The summed E-state index contributed by atoms with van der Waals surface area (Å²) in [5, 5.41) is 0. The van der Waals surface area contributed by atoms with Gasteiger partial charge in [-0.1, -0.05) is 15.9 Å². The van der Waals surface area contributed by atoms with Crippen LogP contribution in [0.1, 0.15) is 24.4 Å². The number of rotatable bonds is 2. The first kappa shape index (κ1) is 14.5. The zero-order valence-electron chi connectivity index (χ0n) is 9.97. The van der Waals surface area contributed by atoms with E-state index in [1.54, 1.807) is 6.07 Å². The Bertz CT molecular complexity index is 465. The van der Waals surface area contributed by atoms with Crippen LogP contribution in [0.15, 0.2) is 16.6 Å². The molecule has 7 heteroatoms. The number of ether oxygens (including phenoxy) is 2. The van der Waals surface area contributed by atoms with Crippen LogP contribution in [0.3, 0.4) is 0 Å². The number of halogens is 4. The van der Waals surface area contributed by atoms with E-state index in [2.05, 4.69) is 15.9 Å². The molecule has 1 aliphatic heterocycles. The molecule has 1 aromatic rings. The number of fused-ring (bicyclic) bond motifs is 1. The van der Waals surface area contributed by atoms with Crippen LogP contribution in [0.25, 0.3) is 0 Å².